The van der Waals surface area contributed by atoms with Gasteiger partial charge in [-0.05, 0) is 26.0 Å². The fourth-order valence-corrected chi connectivity index (χ4v) is 4.47. The molecule has 0 bridgehead atoms. The Labute approximate surface area is 194 Å². The molecule has 1 aromatic carbocycles. The van der Waals surface area contributed by atoms with Crippen LogP contribution in [0, 0.1) is 13.8 Å². The van der Waals surface area contributed by atoms with Crippen LogP contribution in [0.1, 0.15) is 33.1 Å². The summed E-state index contributed by atoms with van der Waals surface area (Å²) in [5, 5.41) is 7.43. The smallest absolute Gasteiger partial charge is 0.335 e. The maximum atomic E-state index is 13.1. The summed E-state index contributed by atoms with van der Waals surface area (Å²) in [5.74, 6) is -0.547. The van der Waals surface area contributed by atoms with Gasteiger partial charge in [0.05, 0.1) is 11.4 Å². The van der Waals surface area contributed by atoms with Gasteiger partial charge in [-0.1, -0.05) is 29.8 Å². The highest BCUT2D eigenvalue weighted by Crippen LogP contribution is 2.35. The van der Waals surface area contributed by atoms with Crippen molar-refractivity contribution in [1.82, 2.24) is 29.4 Å². The van der Waals surface area contributed by atoms with Crippen LogP contribution in [0.15, 0.2) is 30.3 Å². The molecule has 0 atom stereocenters. The van der Waals surface area contributed by atoms with E-state index in [0.717, 1.165) is 27.3 Å². The Hall–Kier alpha value is -2.85. The monoisotopic (exact) mass is 480 g/mol. The predicted molar refractivity (Wildman–Crippen MR) is 117 cm³/mol. The zero-order valence-corrected chi connectivity index (χ0v) is 19.3. The van der Waals surface area contributed by atoms with Gasteiger partial charge in [0.25, 0.3) is 5.91 Å². The van der Waals surface area contributed by atoms with E-state index in [1.165, 1.54) is 11.9 Å². The molecule has 1 aliphatic heterocycles. The molecule has 4 rings (SSSR count). The Bertz CT molecular complexity index is 1160. The molecule has 11 heteroatoms. The summed E-state index contributed by atoms with van der Waals surface area (Å²) >= 11 is 5.88. The Kier molecular flexibility index (Phi) is 6.24. The largest absolute Gasteiger partial charge is 0.436 e. The lowest BCUT2D eigenvalue weighted by atomic mass is 10.1. The lowest BCUT2D eigenvalue weighted by Gasteiger charge is -2.34. The zero-order valence-electron chi connectivity index (χ0n) is 18.5. The standard InChI is InChI=1S/C22H24ClF3N6O/c1-14-17(15(2)32(27-14)16-7-5-4-6-8-16)13-30-9-11-31(12-10-30)21(33)19-18(23)20(22(24,25)26)28-29(19)3/h4-8H,9-13H2,1-3H3. The molecule has 0 aliphatic carbocycles. The summed E-state index contributed by atoms with van der Waals surface area (Å²) < 4.78 is 42.1. The van der Waals surface area contributed by atoms with E-state index in [9.17, 15) is 18.0 Å². The van der Waals surface area contributed by atoms with Gasteiger partial charge in [0.15, 0.2) is 5.69 Å². The summed E-state index contributed by atoms with van der Waals surface area (Å²) in [6.07, 6.45) is -4.72. The van der Waals surface area contributed by atoms with Gasteiger partial charge in [0, 0.05) is 51.0 Å². The number of benzene rings is 1. The zero-order chi connectivity index (χ0) is 23.9. The Morgan fingerprint density at radius 2 is 1.70 bits per heavy atom. The fourth-order valence-electron chi connectivity index (χ4n) is 4.12. The normalized spacial score (nSPS) is 15.3. The van der Waals surface area contributed by atoms with Crippen molar-refractivity contribution in [2.75, 3.05) is 26.2 Å². The first-order valence-electron chi connectivity index (χ1n) is 10.5. The van der Waals surface area contributed by atoms with Gasteiger partial charge in [0.1, 0.15) is 10.7 Å². The summed E-state index contributed by atoms with van der Waals surface area (Å²) in [7, 11) is 1.29. The number of aryl methyl sites for hydroxylation is 2. The van der Waals surface area contributed by atoms with E-state index < -0.39 is 22.8 Å². The average molecular weight is 481 g/mol. The van der Waals surface area contributed by atoms with Crippen molar-refractivity contribution < 1.29 is 18.0 Å². The van der Waals surface area contributed by atoms with Crippen LogP contribution in [0.25, 0.3) is 5.69 Å². The van der Waals surface area contributed by atoms with Crippen molar-refractivity contribution in [2.45, 2.75) is 26.6 Å². The molecular formula is C22H24ClF3N6O. The Balaban J connectivity index is 1.44. The number of hydrogen-bond donors (Lipinski definition) is 0. The number of carbonyl (C=O) groups excluding carboxylic acids is 1. The molecule has 1 aliphatic rings. The Morgan fingerprint density at radius 3 is 2.27 bits per heavy atom. The molecule has 33 heavy (non-hydrogen) atoms. The van der Waals surface area contributed by atoms with Crippen molar-refractivity contribution in [3.8, 4) is 5.69 Å². The number of carbonyl (C=O) groups is 1. The lowest BCUT2D eigenvalue weighted by molar-refractivity contribution is -0.141. The van der Waals surface area contributed by atoms with Crippen molar-refractivity contribution in [3.05, 3.63) is 63.7 Å². The molecule has 1 fully saturated rings. The summed E-state index contributed by atoms with van der Waals surface area (Å²) in [5.41, 5.74) is 2.63. The number of piperazine rings is 1. The van der Waals surface area contributed by atoms with Crippen LogP contribution >= 0.6 is 11.6 Å². The number of nitrogens with zero attached hydrogens (tertiary/aromatic N) is 6. The van der Waals surface area contributed by atoms with Gasteiger partial charge >= 0.3 is 6.18 Å². The number of alkyl halides is 3. The van der Waals surface area contributed by atoms with Gasteiger partial charge in [-0.2, -0.15) is 23.4 Å². The van der Waals surface area contributed by atoms with Crippen LogP contribution in [0.3, 0.4) is 0 Å². The number of rotatable bonds is 4. The van der Waals surface area contributed by atoms with Crippen LogP contribution in [0.5, 0.6) is 0 Å². The van der Waals surface area contributed by atoms with Crippen LogP contribution < -0.4 is 0 Å². The first-order chi connectivity index (χ1) is 15.6. The molecule has 7 nitrogen and oxygen atoms in total. The van der Waals surface area contributed by atoms with E-state index in [4.69, 9.17) is 11.6 Å². The molecule has 1 saturated heterocycles. The van der Waals surface area contributed by atoms with Crippen molar-refractivity contribution >= 4 is 17.5 Å². The second kappa shape index (κ2) is 8.83. The SMILES string of the molecule is Cc1nn(-c2ccccc2)c(C)c1CN1CCN(C(=O)c2c(Cl)c(C(F)(F)F)nn2C)CC1. The van der Waals surface area contributed by atoms with Crippen LogP contribution in [-0.4, -0.2) is 61.4 Å². The van der Waals surface area contributed by atoms with Crippen molar-refractivity contribution in [3.63, 3.8) is 0 Å². The van der Waals surface area contributed by atoms with E-state index >= 15 is 0 Å². The van der Waals surface area contributed by atoms with E-state index in [0.29, 0.717) is 32.7 Å². The number of aromatic nitrogens is 4. The third-order valence-corrected chi connectivity index (χ3v) is 6.30. The molecular weight excluding hydrogens is 457 g/mol. The van der Waals surface area contributed by atoms with E-state index in [1.54, 1.807) is 0 Å². The molecule has 0 spiro atoms. The van der Waals surface area contributed by atoms with E-state index in [-0.39, 0.29) is 5.69 Å². The number of halogens is 4. The maximum Gasteiger partial charge on any atom is 0.436 e. The minimum Gasteiger partial charge on any atom is -0.335 e. The number of para-hydroxylation sites is 1. The first kappa shape index (κ1) is 23.3. The van der Waals surface area contributed by atoms with Crippen molar-refractivity contribution in [1.29, 1.82) is 0 Å². The molecule has 0 N–H and O–H groups in total. The van der Waals surface area contributed by atoms with Crippen LogP contribution in [-0.2, 0) is 19.8 Å². The molecule has 0 radical (unpaired) electrons. The molecule has 0 unspecified atom stereocenters. The minimum absolute atomic E-state index is 0.242. The van der Waals surface area contributed by atoms with Gasteiger partial charge in [-0.3, -0.25) is 14.4 Å². The molecule has 1 amide bonds. The molecule has 0 saturated carbocycles. The predicted octanol–water partition coefficient (Wildman–Crippen LogP) is 3.85. The number of amides is 1. The second-order valence-electron chi connectivity index (χ2n) is 8.10. The van der Waals surface area contributed by atoms with Gasteiger partial charge < -0.3 is 4.90 Å². The van der Waals surface area contributed by atoms with E-state index in [2.05, 4.69) is 15.1 Å². The third kappa shape index (κ3) is 4.49. The van der Waals surface area contributed by atoms with Gasteiger partial charge in [0.2, 0.25) is 0 Å². The summed E-state index contributed by atoms with van der Waals surface area (Å²) in [6.45, 7) is 6.62. The van der Waals surface area contributed by atoms with E-state index in [1.807, 2.05) is 48.9 Å². The third-order valence-electron chi connectivity index (χ3n) is 5.94. The lowest BCUT2D eigenvalue weighted by Crippen LogP contribution is -2.48. The van der Waals surface area contributed by atoms with Gasteiger partial charge in [-0.15, -0.1) is 0 Å². The van der Waals surface area contributed by atoms with Crippen molar-refractivity contribution in [2.24, 2.45) is 7.05 Å². The highest BCUT2D eigenvalue weighted by molar-refractivity contribution is 6.34. The fraction of sp³-hybridized carbons (Fsp3) is 0.409. The van der Waals surface area contributed by atoms with Gasteiger partial charge in [-0.25, -0.2) is 4.68 Å². The van der Waals surface area contributed by atoms with Crippen LogP contribution in [0.2, 0.25) is 5.02 Å². The highest BCUT2D eigenvalue weighted by Gasteiger charge is 2.40. The highest BCUT2D eigenvalue weighted by atomic mass is 35.5. The minimum atomic E-state index is -4.72. The quantitative estimate of drug-likeness (QED) is 0.569. The average Bonchev–Trinajstić information content (AvgIpc) is 3.24. The summed E-state index contributed by atoms with van der Waals surface area (Å²) in [4.78, 5) is 16.6. The number of hydrogen-bond acceptors (Lipinski definition) is 4. The molecule has 3 aromatic rings. The summed E-state index contributed by atoms with van der Waals surface area (Å²) in [6, 6.07) is 9.89. The molecule has 3 heterocycles. The Morgan fingerprint density at radius 1 is 1.06 bits per heavy atom. The maximum absolute atomic E-state index is 13.1. The second-order valence-corrected chi connectivity index (χ2v) is 8.48. The van der Waals surface area contributed by atoms with Crippen LogP contribution in [0.4, 0.5) is 13.2 Å². The molecule has 176 valence electrons. The molecule has 2 aromatic heterocycles. The first-order valence-corrected chi connectivity index (χ1v) is 10.9. The topological polar surface area (TPSA) is 59.2 Å².